The zero-order chi connectivity index (χ0) is 20.2. The third kappa shape index (κ3) is 4.08. The first-order valence-electron chi connectivity index (χ1n) is 9.75. The lowest BCUT2D eigenvalue weighted by Gasteiger charge is -2.35. The van der Waals surface area contributed by atoms with Gasteiger partial charge >= 0.3 is 11.8 Å². The number of rotatable bonds is 4. The van der Waals surface area contributed by atoms with Crippen molar-refractivity contribution in [3.05, 3.63) is 66.1 Å². The Kier molecular flexibility index (Phi) is 5.46. The monoisotopic (exact) mass is 394 g/mol. The fourth-order valence-corrected chi connectivity index (χ4v) is 3.73. The van der Waals surface area contributed by atoms with Crippen LogP contribution in [0.25, 0.3) is 10.9 Å². The van der Waals surface area contributed by atoms with Crippen molar-refractivity contribution < 1.29 is 14.0 Å². The third-order valence-electron chi connectivity index (χ3n) is 5.31. The van der Waals surface area contributed by atoms with Crippen molar-refractivity contribution >= 4 is 28.4 Å². The van der Waals surface area contributed by atoms with E-state index in [1.807, 2.05) is 35.4 Å². The van der Waals surface area contributed by atoms with Gasteiger partial charge in [0.05, 0.1) is 5.69 Å². The zero-order valence-electron chi connectivity index (χ0n) is 16.0. The minimum atomic E-state index is -0.593. The van der Waals surface area contributed by atoms with Crippen LogP contribution >= 0.6 is 0 Å². The van der Waals surface area contributed by atoms with E-state index in [0.29, 0.717) is 44.8 Å². The molecule has 1 fully saturated rings. The standard InChI is InChI=1S/C22H23FN4O2/c23-18-6-2-4-8-20(18)26-11-13-27(14-12-26)22(29)21(28)24-10-9-16-15-25-19-7-3-1-5-17(16)19/h1-8,15,25H,9-14H2,(H,24,28). The molecule has 0 saturated carbocycles. The molecular weight excluding hydrogens is 371 g/mol. The molecule has 0 atom stereocenters. The molecule has 0 unspecified atom stereocenters. The molecule has 0 radical (unpaired) electrons. The lowest BCUT2D eigenvalue weighted by atomic mass is 10.1. The molecule has 0 bridgehead atoms. The molecule has 6 nitrogen and oxygen atoms in total. The van der Waals surface area contributed by atoms with Crippen molar-refractivity contribution in [1.82, 2.24) is 15.2 Å². The van der Waals surface area contributed by atoms with E-state index in [1.54, 1.807) is 18.2 Å². The fourth-order valence-electron chi connectivity index (χ4n) is 3.73. The molecule has 29 heavy (non-hydrogen) atoms. The Morgan fingerprint density at radius 2 is 1.72 bits per heavy atom. The molecule has 1 saturated heterocycles. The Morgan fingerprint density at radius 1 is 1.00 bits per heavy atom. The summed E-state index contributed by atoms with van der Waals surface area (Å²) in [5, 5.41) is 3.84. The lowest BCUT2D eigenvalue weighted by Crippen LogP contribution is -2.53. The summed E-state index contributed by atoms with van der Waals surface area (Å²) >= 11 is 0. The van der Waals surface area contributed by atoms with Crippen LogP contribution in [0.15, 0.2) is 54.7 Å². The van der Waals surface area contributed by atoms with E-state index in [4.69, 9.17) is 0 Å². The van der Waals surface area contributed by atoms with Gasteiger partial charge in [0.15, 0.2) is 0 Å². The van der Waals surface area contributed by atoms with Crippen LogP contribution in [0, 0.1) is 5.82 Å². The minimum absolute atomic E-state index is 0.276. The maximum atomic E-state index is 13.9. The van der Waals surface area contributed by atoms with E-state index < -0.39 is 11.8 Å². The lowest BCUT2D eigenvalue weighted by molar-refractivity contribution is -0.146. The molecule has 0 spiro atoms. The van der Waals surface area contributed by atoms with Crippen molar-refractivity contribution in [3.8, 4) is 0 Å². The number of aromatic amines is 1. The van der Waals surface area contributed by atoms with E-state index in [1.165, 1.54) is 11.0 Å². The number of hydrogen-bond donors (Lipinski definition) is 2. The number of para-hydroxylation sites is 2. The number of amides is 2. The number of nitrogens with zero attached hydrogens (tertiary/aromatic N) is 2. The van der Waals surface area contributed by atoms with Gasteiger partial charge in [0.2, 0.25) is 0 Å². The summed E-state index contributed by atoms with van der Waals surface area (Å²) in [6, 6.07) is 14.6. The summed E-state index contributed by atoms with van der Waals surface area (Å²) in [6.07, 6.45) is 2.57. The van der Waals surface area contributed by atoms with Crippen molar-refractivity contribution in [2.45, 2.75) is 6.42 Å². The maximum absolute atomic E-state index is 13.9. The van der Waals surface area contributed by atoms with E-state index in [-0.39, 0.29) is 5.82 Å². The molecular formula is C22H23FN4O2. The van der Waals surface area contributed by atoms with Gasteiger partial charge in [-0.3, -0.25) is 9.59 Å². The molecule has 1 aromatic heterocycles. The molecule has 2 amide bonds. The Labute approximate surface area is 168 Å². The molecule has 150 valence electrons. The summed E-state index contributed by atoms with van der Waals surface area (Å²) in [6.45, 7) is 2.16. The molecule has 4 rings (SSSR count). The first kappa shape index (κ1) is 19.0. The molecule has 2 heterocycles. The van der Waals surface area contributed by atoms with Gasteiger partial charge in [-0.15, -0.1) is 0 Å². The van der Waals surface area contributed by atoms with Crippen molar-refractivity contribution in [1.29, 1.82) is 0 Å². The highest BCUT2D eigenvalue weighted by molar-refractivity contribution is 6.35. The van der Waals surface area contributed by atoms with Gasteiger partial charge in [0.1, 0.15) is 5.82 Å². The highest BCUT2D eigenvalue weighted by Gasteiger charge is 2.26. The number of fused-ring (bicyclic) bond motifs is 1. The molecule has 2 aromatic carbocycles. The van der Waals surface area contributed by atoms with Gasteiger partial charge in [0, 0.05) is 49.8 Å². The predicted molar refractivity (Wildman–Crippen MR) is 110 cm³/mol. The summed E-state index contributed by atoms with van der Waals surface area (Å²) in [7, 11) is 0. The van der Waals surface area contributed by atoms with Gasteiger partial charge in [-0.1, -0.05) is 30.3 Å². The molecule has 7 heteroatoms. The van der Waals surface area contributed by atoms with Crippen LogP contribution in [0.5, 0.6) is 0 Å². The van der Waals surface area contributed by atoms with Crippen LogP contribution in [0.2, 0.25) is 0 Å². The number of H-pyrrole nitrogens is 1. The van der Waals surface area contributed by atoms with E-state index in [9.17, 15) is 14.0 Å². The first-order chi connectivity index (χ1) is 14.1. The van der Waals surface area contributed by atoms with E-state index in [2.05, 4.69) is 10.3 Å². The molecule has 3 aromatic rings. The summed E-state index contributed by atoms with van der Waals surface area (Å²) in [5.74, 6) is -1.40. The number of nitrogens with one attached hydrogen (secondary N) is 2. The quantitative estimate of drug-likeness (QED) is 0.668. The maximum Gasteiger partial charge on any atom is 0.312 e. The van der Waals surface area contributed by atoms with Gasteiger partial charge in [-0.2, -0.15) is 0 Å². The number of halogens is 1. The van der Waals surface area contributed by atoms with Gasteiger partial charge < -0.3 is 20.1 Å². The number of benzene rings is 2. The zero-order valence-corrected chi connectivity index (χ0v) is 16.0. The predicted octanol–water partition coefficient (Wildman–Crippen LogP) is 2.31. The Bertz CT molecular complexity index is 1020. The normalized spacial score (nSPS) is 14.2. The summed E-state index contributed by atoms with van der Waals surface area (Å²) < 4.78 is 13.9. The number of anilines is 1. The number of hydrogen-bond acceptors (Lipinski definition) is 3. The van der Waals surface area contributed by atoms with Gasteiger partial charge in [0.25, 0.3) is 0 Å². The van der Waals surface area contributed by atoms with Crippen LogP contribution in [0.3, 0.4) is 0 Å². The number of aromatic nitrogens is 1. The van der Waals surface area contributed by atoms with Crippen LogP contribution in [0.4, 0.5) is 10.1 Å². The molecule has 2 N–H and O–H groups in total. The van der Waals surface area contributed by atoms with Gasteiger partial charge in [-0.25, -0.2) is 4.39 Å². The summed E-state index contributed by atoms with van der Waals surface area (Å²) in [4.78, 5) is 31.3. The average Bonchev–Trinajstić information content (AvgIpc) is 3.17. The highest BCUT2D eigenvalue weighted by atomic mass is 19.1. The van der Waals surface area contributed by atoms with Crippen LogP contribution in [-0.4, -0.2) is 54.4 Å². The number of carbonyl (C=O) groups excluding carboxylic acids is 2. The Morgan fingerprint density at radius 3 is 2.52 bits per heavy atom. The second-order valence-electron chi connectivity index (χ2n) is 7.10. The van der Waals surface area contributed by atoms with Crippen LogP contribution in [0.1, 0.15) is 5.56 Å². The highest BCUT2D eigenvalue weighted by Crippen LogP contribution is 2.20. The van der Waals surface area contributed by atoms with Crippen molar-refractivity contribution in [2.75, 3.05) is 37.6 Å². The van der Waals surface area contributed by atoms with E-state index in [0.717, 1.165) is 16.5 Å². The van der Waals surface area contributed by atoms with Crippen molar-refractivity contribution in [3.63, 3.8) is 0 Å². The minimum Gasteiger partial charge on any atom is -0.366 e. The van der Waals surface area contributed by atoms with Crippen LogP contribution in [-0.2, 0) is 16.0 Å². The molecule has 1 aliphatic heterocycles. The number of carbonyl (C=O) groups is 2. The van der Waals surface area contributed by atoms with E-state index >= 15 is 0 Å². The third-order valence-corrected chi connectivity index (χ3v) is 5.31. The van der Waals surface area contributed by atoms with Gasteiger partial charge in [-0.05, 0) is 30.2 Å². The number of piperazine rings is 1. The SMILES string of the molecule is O=C(NCCc1c[nH]c2ccccc12)C(=O)N1CCN(c2ccccc2F)CC1. The average molecular weight is 394 g/mol. The fraction of sp³-hybridized carbons (Fsp3) is 0.273. The Hall–Kier alpha value is -3.35. The molecule has 1 aliphatic rings. The van der Waals surface area contributed by atoms with Crippen LogP contribution < -0.4 is 10.2 Å². The smallest absolute Gasteiger partial charge is 0.312 e. The topological polar surface area (TPSA) is 68.4 Å². The second-order valence-corrected chi connectivity index (χ2v) is 7.10. The Balaban J connectivity index is 1.27. The van der Waals surface area contributed by atoms with Crippen molar-refractivity contribution in [2.24, 2.45) is 0 Å². The largest absolute Gasteiger partial charge is 0.366 e. The second kappa shape index (κ2) is 8.34. The first-order valence-corrected chi connectivity index (χ1v) is 9.75. The summed E-state index contributed by atoms with van der Waals surface area (Å²) in [5.41, 5.74) is 2.69. The molecule has 0 aliphatic carbocycles.